The molecule has 25 heavy (non-hydrogen) atoms. The Balaban J connectivity index is 3.12. The second kappa shape index (κ2) is 9.35. The van der Waals surface area contributed by atoms with E-state index in [1.54, 1.807) is 13.1 Å². The molecule has 1 aromatic carbocycles. The minimum absolute atomic E-state index is 0.103. The van der Waals surface area contributed by atoms with Crippen LogP contribution in [0.25, 0.3) is 0 Å². The van der Waals surface area contributed by atoms with E-state index < -0.39 is 16.7 Å². The summed E-state index contributed by atoms with van der Waals surface area (Å²) < 4.78 is 38.6. The first-order valence-corrected chi connectivity index (χ1v) is 10.3. The summed E-state index contributed by atoms with van der Waals surface area (Å²) in [6, 6.07) is 3.51. The van der Waals surface area contributed by atoms with Gasteiger partial charge in [0.1, 0.15) is 6.67 Å². The van der Waals surface area contributed by atoms with Crippen LogP contribution in [0.5, 0.6) is 0 Å². The lowest BCUT2D eigenvalue weighted by molar-refractivity contribution is 0.361. The first-order chi connectivity index (χ1) is 11.6. The van der Waals surface area contributed by atoms with Crippen molar-refractivity contribution < 1.29 is 12.8 Å². The number of benzene rings is 1. The minimum Gasteiger partial charge on any atom is -0.370 e. The quantitative estimate of drug-likeness (QED) is 0.616. The molecule has 0 saturated carbocycles. The van der Waals surface area contributed by atoms with Crippen LogP contribution in [0.3, 0.4) is 0 Å². The van der Waals surface area contributed by atoms with Gasteiger partial charge in [-0.25, -0.2) is 18.2 Å². The predicted octanol–water partition coefficient (Wildman–Crippen LogP) is 2.51. The molecule has 6 nitrogen and oxygen atoms in total. The third-order valence-corrected chi connectivity index (χ3v) is 5.62. The van der Waals surface area contributed by atoms with Gasteiger partial charge in [-0.3, -0.25) is 0 Å². The van der Waals surface area contributed by atoms with E-state index in [-0.39, 0.29) is 6.04 Å². The lowest BCUT2D eigenvalue weighted by Crippen LogP contribution is -2.42. The van der Waals surface area contributed by atoms with E-state index in [9.17, 15) is 12.8 Å². The highest BCUT2D eigenvalue weighted by Crippen LogP contribution is 2.29. The van der Waals surface area contributed by atoms with E-state index in [1.807, 2.05) is 33.8 Å². The number of hydrogen-bond acceptors (Lipinski definition) is 5. The molecule has 0 saturated heterocycles. The summed E-state index contributed by atoms with van der Waals surface area (Å²) in [6.45, 7) is 8.78. The molecule has 1 aromatic rings. The van der Waals surface area contributed by atoms with Gasteiger partial charge in [0, 0.05) is 38.4 Å². The number of anilines is 2. The number of likely N-dealkylation sites (N-methyl/N-ethyl adjacent to an activating group) is 1. The Kier molecular flexibility index (Phi) is 8.11. The third kappa shape index (κ3) is 5.83. The van der Waals surface area contributed by atoms with Crippen molar-refractivity contribution in [3.05, 3.63) is 23.3 Å². The largest absolute Gasteiger partial charge is 0.370 e. The molecule has 0 unspecified atom stereocenters. The molecule has 2 N–H and O–H groups in total. The molecule has 0 fully saturated rings. The van der Waals surface area contributed by atoms with Gasteiger partial charge in [-0.2, -0.15) is 4.31 Å². The molecule has 0 radical (unpaired) electrons. The topological polar surface area (TPSA) is 64.7 Å². The molecule has 0 aliphatic rings. The van der Waals surface area contributed by atoms with E-state index in [1.165, 1.54) is 10.6 Å². The fourth-order valence-electron chi connectivity index (χ4n) is 2.90. The van der Waals surface area contributed by atoms with E-state index in [4.69, 9.17) is 0 Å². The fraction of sp³-hybridized carbons (Fsp3) is 0.647. The van der Waals surface area contributed by atoms with Crippen molar-refractivity contribution >= 4 is 21.4 Å². The number of nitrogens with one attached hydrogen (secondary N) is 2. The fourth-order valence-corrected chi connectivity index (χ4v) is 4.08. The molecule has 0 bridgehead atoms. The zero-order valence-corrected chi connectivity index (χ0v) is 16.9. The molecule has 0 aromatic heterocycles. The second-order valence-electron chi connectivity index (χ2n) is 6.34. The highest BCUT2D eigenvalue weighted by molar-refractivity contribution is 7.88. The maximum Gasteiger partial charge on any atom is 0.211 e. The number of hydrazine groups is 1. The highest BCUT2D eigenvalue weighted by atomic mass is 32.2. The smallest absolute Gasteiger partial charge is 0.211 e. The summed E-state index contributed by atoms with van der Waals surface area (Å²) in [4.78, 5) is 2.08. The summed E-state index contributed by atoms with van der Waals surface area (Å²) in [5.74, 6) is 0. The van der Waals surface area contributed by atoms with Crippen LogP contribution >= 0.6 is 0 Å². The van der Waals surface area contributed by atoms with Gasteiger partial charge in [-0.05, 0) is 51.0 Å². The van der Waals surface area contributed by atoms with Gasteiger partial charge in [-0.1, -0.05) is 0 Å². The molecule has 0 heterocycles. The predicted molar refractivity (Wildman–Crippen MR) is 103 cm³/mol. The lowest BCUT2D eigenvalue weighted by Gasteiger charge is -2.31. The van der Waals surface area contributed by atoms with Gasteiger partial charge in [0.25, 0.3) is 0 Å². The van der Waals surface area contributed by atoms with Crippen molar-refractivity contribution in [1.82, 2.24) is 9.73 Å². The van der Waals surface area contributed by atoms with Crippen molar-refractivity contribution in [2.45, 2.75) is 40.4 Å². The summed E-state index contributed by atoms with van der Waals surface area (Å²) in [5.41, 5.74) is 9.19. The third-order valence-electron chi connectivity index (χ3n) is 4.17. The van der Waals surface area contributed by atoms with Crippen LogP contribution in [-0.4, -0.2) is 51.7 Å². The van der Waals surface area contributed by atoms with Crippen LogP contribution in [0.2, 0.25) is 0 Å². The van der Waals surface area contributed by atoms with Gasteiger partial charge in [0.15, 0.2) is 0 Å². The molecule has 0 spiro atoms. The van der Waals surface area contributed by atoms with Crippen LogP contribution in [0, 0.1) is 6.92 Å². The Morgan fingerprint density at radius 2 is 1.88 bits per heavy atom. The van der Waals surface area contributed by atoms with Gasteiger partial charge in [-0.15, -0.1) is 0 Å². The van der Waals surface area contributed by atoms with E-state index >= 15 is 0 Å². The van der Waals surface area contributed by atoms with Crippen molar-refractivity contribution in [3.8, 4) is 0 Å². The highest BCUT2D eigenvalue weighted by Gasteiger charge is 2.21. The molecule has 0 atom stereocenters. The maximum atomic E-state index is 13.2. The van der Waals surface area contributed by atoms with Gasteiger partial charge in [0.05, 0.1) is 11.9 Å². The minimum atomic E-state index is -3.27. The number of alkyl halides is 1. The van der Waals surface area contributed by atoms with Crippen molar-refractivity contribution in [3.63, 3.8) is 0 Å². The Hall–Kier alpha value is -1.38. The van der Waals surface area contributed by atoms with Gasteiger partial charge >= 0.3 is 0 Å². The van der Waals surface area contributed by atoms with Crippen LogP contribution in [0.1, 0.15) is 31.9 Å². The van der Waals surface area contributed by atoms with Crippen molar-refractivity contribution in [2.75, 3.05) is 43.3 Å². The first-order valence-electron chi connectivity index (χ1n) is 8.49. The monoisotopic (exact) mass is 374 g/mol. The zero-order valence-electron chi connectivity index (χ0n) is 16.1. The van der Waals surface area contributed by atoms with Gasteiger partial charge < -0.3 is 10.3 Å². The zero-order chi connectivity index (χ0) is 19.2. The van der Waals surface area contributed by atoms with Crippen molar-refractivity contribution in [2.24, 2.45) is 0 Å². The first kappa shape index (κ1) is 21.7. The average Bonchev–Trinajstić information content (AvgIpc) is 2.52. The van der Waals surface area contributed by atoms with E-state index in [0.717, 1.165) is 16.9 Å². The average molecular weight is 375 g/mol. The normalized spacial score (nSPS) is 12.0. The molecule has 1 rings (SSSR count). The molecule has 144 valence electrons. The maximum absolute atomic E-state index is 13.2. The Morgan fingerprint density at radius 3 is 2.32 bits per heavy atom. The number of rotatable bonds is 10. The second-order valence-corrected chi connectivity index (χ2v) is 8.28. The van der Waals surface area contributed by atoms with Crippen molar-refractivity contribution in [1.29, 1.82) is 0 Å². The Labute approximate surface area is 151 Å². The summed E-state index contributed by atoms with van der Waals surface area (Å²) in [6.07, 6.45) is 1.23. The SMILES string of the molecule is CCN(CCN(C(C)C)S(C)(=O)=O)c1cc(CF)cc(NNC)c1C. The number of nitrogens with zero attached hydrogens (tertiary/aromatic N) is 2. The summed E-state index contributed by atoms with van der Waals surface area (Å²) in [5, 5.41) is 0. The van der Waals surface area contributed by atoms with Gasteiger partial charge in [0.2, 0.25) is 10.0 Å². The van der Waals surface area contributed by atoms with Crippen LogP contribution in [-0.2, 0) is 16.7 Å². The molecular formula is C17H31FN4O2S. The molecule has 8 heteroatoms. The van der Waals surface area contributed by atoms with Crippen LogP contribution in [0.15, 0.2) is 12.1 Å². The van der Waals surface area contributed by atoms with Crippen LogP contribution in [0.4, 0.5) is 15.8 Å². The van der Waals surface area contributed by atoms with Crippen LogP contribution < -0.4 is 15.8 Å². The number of hydrogen-bond donors (Lipinski definition) is 2. The summed E-state index contributed by atoms with van der Waals surface area (Å²) in [7, 11) is -1.51. The van der Waals surface area contributed by atoms with E-state index in [0.29, 0.717) is 25.2 Å². The molecule has 0 amide bonds. The summed E-state index contributed by atoms with van der Waals surface area (Å²) >= 11 is 0. The standard InChI is InChI=1S/C17H31FN4O2S/c1-7-21(8-9-22(13(2)3)25(6,23)24)17-11-15(12-18)10-16(14(17)4)20-19-5/h10-11,13,19-20H,7-9,12H2,1-6H3. The number of sulfonamides is 1. The molecule has 0 aliphatic heterocycles. The Bertz CT molecular complexity index is 665. The lowest BCUT2D eigenvalue weighted by atomic mass is 10.1. The molecular weight excluding hydrogens is 343 g/mol. The Morgan fingerprint density at radius 1 is 1.24 bits per heavy atom. The number of halogens is 1. The molecule has 0 aliphatic carbocycles. The van der Waals surface area contributed by atoms with E-state index in [2.05, 4.69) is 15.8 Å².